The van der Waals surface area contributed by atoms with Gasteiger partial charge in [-0.15, -0.1) is 0 Å². The van der Waals surface area contributed by atoms with Gasteiger partial charge in [-0.05, 0) is 89.6 Å². The minimum Gasteiger partial charge on any atom is -0.355 e. The predicted octanol–water partition coefficient (Wildman–Crippen LogP) is 5.75. The molecule has 2 unspecified atom stereocenters. The van der Waals surface area contributed by atoms with Gasteiger partial charge in [-0.25, -0.2) is 9.98 Å². The minimum absolute atomic E-state index is 0.214. The number of rotatable bonds is 3. The zero-order valence-electron chi connectivity index (χ0n) is 23.4. The van der Waals surface area contributed by atoms with E-state index in [1.807, 2.05) is 24.3 Å². The number of H-pyrrole nitrogens is 1. The molecule has 0 saturated heterocycles. The Morgan fingerprint density at radius 2 is 1.21 bits per heavy atom. The van der Waals surface area contributed by atoms with E-state index >= 15 is 0 Å². The van der Waals surface area contributed by atoms with Gasteiger partial charge in [0.15, 0.2) is 0 Å². The minimum atomic E-state index is -1.00. The van der Waals surface area contributed by atoms with Gasteiger partial charge in [-0.1, -0.05) is 78.9 Å². The third kappa shape index (κ3) is 4.47. The lowest BCUT2D eigenvalue weighted by Crippen LogP contribution is -2.55. The van der Waals surface area contributed by atoms with E-state index in [1.165, 1.54) is 0 Å². The number of hydrogen-bond acceptors (Lipinski definition) is 4. The van der Waals surface area contributed by atoms with Crippen molar-refractivity contribution >= 4 is 34.8 Å². The summed E-state index contributed by atoms with van der Waals surface area (Å²) in [5.74, 6) is -0.214. The van der Waals surface area contributed by atoms with Crippen molar-refractivity contribution in [3.63, 3.8) is 0 Å². The van der Waals surface area contributed by atoms with E-state index in [9.17, 15) is 0 Å². The first kappa shape index (κ1) is 25.2. The Kier molecular flexibility index (Phi) is 5.91. The molecule has 3 aromatic carbocycles. The molecule has 43 heavy (non-hydrogen) atoms. The van der Waals surface area contributed by atoms with Crippen LogP contribution in [0.3, 0.4) is 0 Å². The summed E-state index contributed by atoms with van der Waals surface area (Å²) in [6.07, 6.45) is 16.6. The Morgan fingerprint density at radius 1 is 0.628 bits per heavy atom. The Bertz CT molecular complexity index is 2070. The highest BCUT2D eigenvalue weighted by Crippen LogP contribution is 2.53. The smallest absolute Gasteiger partial charge is 0.126 e. The predicted molar refractivity (Wildman–Crippen MR) is 177 cm³/mol. The molecule has 1 aromatic heterocycles. The summed E-state index contributed by atoms with van der Waals surface area (Å²) in [7, 11) is 0. The lowest BCUT2D eigenvalue weighted by Gasteiger charge is -2.40. The van der Waals surface area contributed by atoms with Crippen LogP contribution in [-0.4, -0.2) is 22.1 Å². The fourth-order valence-corrected chi connectivity index (χ4v) is 6.48. The number of nitrogens with two attached hydrogens (primary N) is 1. The molecule has 5 heterocycles. The first-order valence-electron chi connectivity index (χ1n) is 14.5. The first-order valence-corrected chi connectivity index (χ1v) is 14.5. The standard InChI is InChI=1S/C38H29N5/c39-38-25-33-21-20-31(42-33)23-29-17-16-28(40-29)22-30-18-19-32(41-30)24-35(43(38)34-14-8-3-9-15-34)36(26-10-4-1-5-11-26)37(38)27-12-6-2-7-13-27/h1-25,37,40H,39H2. The van der Waals surface area contributed by atoms with E-state index in [1.54, 1.807) is 0 Å². The summed E-state index contributed by atoms with van der Waals surface area (Å²) in [5.41, 5.74) is 15.6. The van der Waals surface area contributed by atoms with Crippen molar-refractivity contribution in [3.05, 3.63) is 179 Å². The molecule has 0 aliphatic carbocycles. The van der Waals surface area contributed by atoms with E-state index < -0.39 is 5.66 Å². The van der Waals surface area contributed by atoms with Crippen molar-refractivity contribution in [1.29, 1.82) is 0 Å². The summed E-state index contributed by atoms with van der Waals surface area (Å²) in [6, 6.07) is 35.6. The fourth-order valence-electron chi connectivity index (χ4n) is 6.48. The second-order valence-corrected chi connectivity index (χ2v) is 11.1. The summed E-state index contributed by atoms with van der Waals surface area (Å²) in [4.78, 5) is 15.8. The number of benzene rings is 3. The number of nitrogens with zero attached hydrogens (tertiary/aromatic N) is 3. The number of aromatic nitrogens is 1. The Labute approximate surface area is 250 Å². The Balaban J connectivity index is 1.49. The van der Waals surface area contributed by atoms with Crippen LogP contribution in [0.5, 0.6) is 0 Å². The summed E-state index contributed by atoms with van der Waals surface area (Å²) >= 11 is 0. The SMILES string of the molecule is NC12C=C3C=CC(=N3)C=c3ccc([nH]3)=CC3=NC(=CC(=C(c4ccccc4)C1c1ccccc1)N2c1ccccc1)C=C3. The molecule has 8 rings (SSSR count). The van der Waals surface area contributed by atoms with Crippen molar-refractivity contribution in [2.45, 2.75) is 11.6 Å². The van der Waals surface area contributed by atoms with Gasteiger partial charge in [-0.2, -0.15) is 0 Å². The van der Waals surface area contributed by atoms with Crippen LogP contribution in [0.1, 0.15) is 17.0 Å². The highest BCUT2D eigenvalue weighted by molar-refractivity contribution is 6.20. The van der Waals surface area contributed by atoms with Gasteiger partial charge in [0.05, 0.1) is 28.7 Å². The lowest BCUT2D eigenvalue weighted by atomic mass is 9.79. The highest BCUT2D eigenvalue weighted by Gasteiger charge is 2.51. The molecular formula is C38H29N5. The summed E-state index contributed by atoms with van der Waals surface area (Å²) in [5, 5.41) is 1.97. The number of aliphatic imine (C=N–C) groups is 2. The fraction of sp³-hybridized carbons (Fsp3) is 0.0526. The van der Waals surface area contributed by atoms with Crippen molar-refractivity contribution in [2.24, 2.45) is 15.7 Å². The van der Waals surface area contributed by atoms with Crippen molar-refractivity contribution in [3.8, 4) is 0 Å². The van der Waals surface area contributed by atoms with E-state index in [4.69, 9.17) is 15.7 Å². The van der Waals surface area contributed by atoms with Gasteiger partial charge in [0.2, 0.25) is 0 Å². The number of hydrogen-bond donors (Lipinski definition) is 2. The average molecular weight is 556 g/mol. The van der Waals surface area contributed by atoms with Gasteiger partial charge in [0.1, 0.15) is 5.66 Å². The monoisotopic (exact) mass is 555 g/mol. The molecule has 8 bridgehead atoms. The largest absolute Gasteiger partial charge is 0.355 e. The molecular weight excluding hydrogens is 526 g/mol. The lowest BCUT2D eigenvalue weighted by molar-refractivity contribution is 0.508. The average Bonchev–Trinajstić information content (AvgIpc) is 3.82. The molecule has 4 aromatic rings. The number of para-hydroxylation sites is 1. The number of anilines is 1. The molecule has 5 heteroatoms. The quantitative estimate of drug-likeness (QED) is 0.338. The van der Waals surface area contributed by atoms with E-state index in [0.29, 0.717) is 0 Å². The van der Waals surface area contributed by atoms with Gasteiger partial charge in [-0.3, -0.25) is 0 Å². The maximum Gasteiger partial charge on any atom is 0.126 e. The molecule has 0 amide bonds. The molecule has 0 saturated carbocycles. The molecule has 0 radical (unpaired) electrons. The molecule has 2 atom stereocenters. The maximum absolute atomic E-state index is 7.80. The second-order valence-electron chi connectivity index (χ2n) is 11.1. The van der Waals surface area contributed by atoms with Gasteiger partial charge >= 0.3 is 0 Å². The molecule has 0 spiro atoms. The van der Waals surface area contributed by atoms with Crippen LogP contribution in [0.15, 0.2) is 167 Å². The summed E-state index contributed by atoms with van der Waals surface area (Å²) < 4.78 is 0. The van der Waals surface area contributed by atoms with Crippen LogP contribution in [0.2, 0.25) is 0 Å². The van der Waals surface area contributed by atoms with Crippen molar-refractivity contribution in [1.82, 2.24) is 4.98 Å². The third-order valence-electron chi connectivity index (χ3n) is 8.26. The number of allylic oxidation sites excluding steroid dienone is 5. The van der Waals surface area contributed by atoms with E-state index in [2.05, 4.69) is 137 Å². The van der Waals surface area contributed by atoms with Gasteiger partial charge in [0, 0.05) is 22.1 Å². The molecule has 3 N–H and O–H groups in total. The van der Waals surface area contributed by atoms with Crippen LogP contribution in [0, 0.1) is 0 Å². The van der Waals surface area contributed by atoms with Crippen LogP contribution < -0.4 is 21.3 Å². The van der Waals surface area contributed by atoms with Gasteiger partial charge < -0.3 is 15.6 Å². The van der Waals surface area contributed by atoms with Crippen LogP contribution in [0.4, 0.5) is 5.69 Å². The number of nitrogens with one attached hydrogen (secondary N) is 1. The second kappa shape index (κ2) is 10.1. The zero-order chi connectivity index (χ0) is 28.8. The van der Waals surface area contributed by atoms with Crippen LogP contribution in [-0.2, 0) is 0 Å². The topological polar surface area (TPSA) is 69.8 Å². The number of fused-ring (bicyclic) bond motifs is 6. The normalized spacial score (nSPS) is 22.1. The third-order valence-corrected chi connectivity index (χ3v) is 8.26. The maximum atomic E-state index is 7.80. The molecule has 4 aliphatic heterocycles. The number of aromatic amines is 1. The van der Waals surface area contributed by atoms with Crippen molar-refractivity contribution < 1.29 is 0 Å². The Hall–Kier alpha value is -5.52. The summed E-state index contributed by atoms with van der Waals surface area (Å²) in [6.45, 7) is 0. The molecule has 5 nitrogen and oxygen atoms in total. The molecule has 206 valence electrons. The van der Waals surface area contributed by atoms with Crippen molar-refractivity contribution in [2.75, 3.05) is 4.90 Å². The van der Waals surface area contributed by atoms with Gasteiger partial charge in [0.25, 0.3) is 0 Å². The Morgan fingerprint density at radius 3 is 1.88 bits per heavy atom. The van der Waals surface area contributed by atoms with Crippen LogP contribution in [0.25, 0.3) is 17.7 Å². The molecule has 4 aliphatic rings. The highest BCUT2D eigenvalue weighted by atomic mass is 15.3. The first-order chi connectivity index (χ1) is 21.1. The zero-order valence-corrected chi connectivity index (χ0v) is 23.4. The molecule has 0 fully saturated rings. The van der Waals surface area contributed by atoms with Crippen LogP contribution >= 0.6 is 0 Å². The van der Waals surface area contributed by atoms with E-state index in [0.717, 1.165) is 61.6 Å². The van der Waals surface area contributed by atoms with E-state index in [-0.39, 0.29) is 5.92 Å².